The predicted octanol–water partition coefficient (Wildman–Crippen LogP) is 1.83. The van der Waals surface area contributed by atoms with Crippen molar-refractivity contribution in [2.24, 2.45) is 5.73 Å². The first-order valence-electron chi connectivity index (χ1n) is 7.71. The number of methoxy groups -OCH3 is 1. The van der Waals surface area contributed by atoms with Crippen molar-refractivity contribution < 1.29 is 24.1 Å². The molecule has 1 heterocycles. The van der Waals surface area contributed by atoms with Crippen molar-refractivity contribution in [2.45, 2.75) is 26.4 Å². The zero-order valence-corrected chi connectivity index (χ0v) is 14.3. The Balaban J connectivity index is 2.64. The molecular formula is C18H20N2O5. The summed E-state index contributed by atoms with van der Waals surface area (Å²) >= 11 is 0. The van der Waals surface area contributed by atoms with E-state index in [1.54, 1.807) is 32.0 Å². The van der Waals surface area contributed by atoms with Crippen LogP contribution in [0.2, 0.25) is 0 Å². The normalized spacial score (nSPS) is 17.0. The third-order valence-electron chi connectivity index (χ3n) is 3.91. The van der Waals surface area contributed by atoms with Gasteiger partial charge in [0.25, 0.3) is 0 Å². The smallest absolute Gasteiger partial charge is 0.338 e. The molecule has 3 N–H and O–H groups in total. The van der Waals surface area contributed by atoms with Gasteiger partial charge in [-0.1, -0.05) is 6.07 Å². The summed E-state index contributed by atoms with van der Waals surface area (Å²) in [5.41, 5.74) is 7.31. The Morgan fingerprint density at radius 1 is 1.48 bits per heavy atom. The van der Waals surface area contributed by atoms with Crippen LogP contribution in [0.15, 0.2) is 41.0 Å². The third-order valence-corrected chi connectivity index (χ3v) is 3.91. The maximum atomic E-state index is 12.4. The van der Waals surface area contributed by atoms with Gasteiger partial charge in [-0.3, -0.25) is 0 Å². The van der Waals surface area contributed by atoms with Gasteiger partial charge in [0.05, 0.1) is 31.8 Å². The molecule has 1 aromatic carbocycles. The van der Waals surface area contributed by atoms with Crippen molar-refractivity contribution in [3.63, 3.8) is 0 Å². The van der Waals surface area contributed by atoms with Crippen molar-refractivity contribution in [3.05, 3.63) is 52.1 Å². The fourth-order valence-corrected chi connectivity index (χ4v) is 2.79. The van der Waals surface area contributed by atoms with Crippen molar-refractivity contribution in [1.29, 1.82) is 5.26 Å². The van der Waals surface area contributed by atoms with E-state index in [1.807, 2.05) is 6.07 Å². The van der Waals surface area contributed by atoms with Crippen LogP contribution in [-0.4, -0.2) is 24.8 Å². The largest absolute Gasteiger partial charge is 0.496 e. The predicted molar refractivity (Wildman–Crippen MR) is 88.9 cm³/mol. The highest BCUT2D eigenvalue weighted by Gasteiger charge is 2.36. The number of carbonyl (C=O) groups is 1. The minimum atomic E-state index is -0.742. The standard InChI is InChI=1S/C18H20N2O5/c1-4-24-18(22)15-10(2)25-17(20)13(8-19)16(15)11-5-6-14(23-3)12(7-11)9-21/h5-7,16,21H,4,9,20H2,1-3H3. The summed E-state index contributed by atoms with van der Waals surface area (Å²) in [7, 11) is 1.50. The number of hydrogen-bond donors (Lipinski definition) is 2. The number of allylic oxidation sites excluding steroid dienone is 2. The van der Waals surface area contributed by atoms with Crippen LogP contribution < -0.4 is 10.5 Å². The van der Waals surface area contributed by atoms with Gasteiger partial charge in [0, 0.05) is 5.56 Å². The molecule has 7 heteroatoms. The Kier molecular flexibility index (Phi) is 5.67. The fourth-order valence-electron chi connectivity index (χ4n) is 2.79. The van der Waals surface area contributed by atoms with Crippen molar-refractivity contribution in [2.75, 3.05) is 13.7 Å². The molecule has 1 unspecified atom stereocenters. The maximum absolute atomic E-state index is 12.4. The first-order valence-corrected chi connectivity index (χ1v) is 7.71. The van der Waals surface area contributed by atoms with Crippen LogP contribution >= 0.6 is 0 Å². The van der Waals surface area contributed by atoms with E-state index in [2.05, 4.69) is 0 Å². The second-order valence-corrected chi connectivity index (χ2v) is 5.34. The van der Waals surface area contributed by atoms with Crippen molar-refractivity contribution in [3.8, 4) is 11.8 Å². The molecule has 25 heavy (non-hydrogen) atoms. The van der Waals surface area contributed by atoms with Crippen LogP contribution in [0.4, 0.5) is 0 Å². The quantitative estimate of drug-likeness (QED) is 0.783. The Morgan fingerprint density at radius 2 is 2.20 bits per heavy atom. The zero-order chi connectivity index (χ0) is 18.6. The average Bonchev–Trinajstić information content (AvgIpc) is 2.60. The lowest BCUT2D eigenvalue weighted by atomic mass is 9.82. The molecule has 0 amide bonds. The maximum Gasteiger partial charge on any atom is 0.338 e. The Labute approximate surface area is 145 Å². The van der Waals surface area contributed by atoms with Gasteiger partial charge in [0.15, 0.2) is 0 Å². The van der Waals surface area contributed by atoms with E-state index in [9.17, 15) is 15.2 Å². The molecule has 0 radical (unpaired) electrons. The molecule has 0 saturated heterocycles. The first-order chi connectivity index (χ1) is 12.0. The lowest BCUT2D eigenvalue weighted by Crippen LogP contribution is -2.25. The highest BCUT2D eigenvalue weighted by atomic mass is 16.5. The van der Waals surface area contributed by atoms with Crippen molar-refractivity contribution in [1.82, 2.24) is 0 Å². The number of nitriles is 1. The molecule has 0 aliphatic carbocycles. The SMILES string of the molecule is CCOC(=O)C1=C(C)OC(N)=C(C#N)C1c1ccc(OC)c(CO)c1. The Morgan fingerprint density at radius 3 is 2.76 bits per heavy atom. The average molecular weight is 344 g/mol. The van der Waals surface area contributed by atoms with Gasteiger partial charge in [-0.15, -0.1) is 0 Å². The van der Waals surface area contributed by atoms with E-state index in [1.165, 1.54) is 7.11 Å². The van der Waals surface area contributed by atoms with Gasteiger partial charge >= 0.3 is 5.97 Å². The van der Waals surface area contributed by atoms with Gasteiger partial charge in [0.1, 0.15) is 23.2 Å². The minimum absolute atomic E-state index is 0.0561. The van der Waals surface area contributed by atoms with E-state index < -0.39 is 11.9 Å². The number of aliphatic hydroxyl groups excluding tert-OH is 1. The summed E-state index contributed by atoms with van der Waals surface area (Å²) in [6, 6.07) is 7.06. The van der Waals surface area contributed by atoms with Gasteiger partial charge < -0.3 is 25.1 Å². The van der Waals surface area contributed by atoms with Gasteiger partial charge in [-0.05, 0) is 31.5 Å². The fraction of sp³-hybridized carbons (Fsp3) is 0.333. The monoisotopic (exact) mass is 344 g/mol. The number of nitrogens with zero attached hydrogens (tertiary/aromatic N) is 1. The van der Waals surface area contributed by atoms with Crippen LogP contribution in [-0.2, 0) is 20.9 Å². The molecule has 7 nitrogen and oxygen atoms in total. The van der Waals surface area contributed by atoms with Crippen LogP contribution in [0.5, 0.6) is 5.75 Å². The van der Waals surface area contributed by atoms with E-state index in [-0.39, 0.29) is 36.0 Å². The second-order valence-electron chi connectivity index (χ2n) is 5.34. The molecule has 0 bridgehead atoms. The summed E-state index contributed by atoms with van der Waals surface area (Å²) in [5, 5.41) is 19.1. The van der Waals surface area contributed by atoms with E-state index in [0.29, 0.717) is 16.9 Å². The van der Waals surface area contributed by atoms with E-state index in [0.717, 1.165) is 0 Å². The number of nitrogens with two attached hydrogens (primary N) is 1. The summed E-state index contributed by atoms with van der Waals surface area (Å²) in [6.45, 7) is 3.22. The lowest BCUT2D eigenvalue weighted by Gasteiger charge is -2.27. The highest BCUT2D eigenvalue weighted by molar-refractivity contribution is 5.92. The molecule has 1 aliphatic rings. The first kappa shape index (κ1) is 18.4. The lowest BCUT2D eigenvalue weighted by molar-refractivity contribution is -0.139. The number of rotatable bonds is 5. The highest BCUT2D eigenvalue weighted by Crippen LogP contribution is 2.40. The van der Waals surface area contributed by atoms with Crippen molar-refractivity contribution >= 4 is 5.97 Å². The van der Waals surface area contributed by atoms with E-state index >= 15 is 0 Å². The van der Waals surface area contributed by atoms with Crippen LogP contribution in [0.1, 0.15) is 30.9 Å². The topological polar surface area (TPSA) is 115 Å². The Hall–Kier alpha value is -2.98. The Bertz CT molecular complexity index is 789. The number of esters is 1. The van der Waals surface area contributed by atoms with Crippen LogP contribution in [0, 0.1) is 11.3 Å². The van der Waals surface area contributed by atoms with Gasteiger partial charge in [-0.25, -0.2) is 4.79 Å². The number of benzene rings is 1. The molecule has 0 aromatic heterocycles. The molecule has 1 aliphatic heterocycles. The number of ether oxygens (including phenoxy) is 3. The molecular weight excluding hydrogens is 324 g/mol. The summed E-state index contributed by atoms with van der Waals surface area (Å²) < 4.78 is 15.7. The summed E-state index contributed by atoms with van der Waals surface area (Å²) in [6.07, 6.45) is 0. The summed E-state index contributed by atoms with van der Waals surface area (Å²) in [5.74, 6) is -0.589. The van der Waals surface area contributed by atoms with Crippen LogP contribution in [0.25, 0.3) is 0 Å². The summed E-state index contributed by atoms with van der Waals surface area (Å²) in [4.78, 5) is 12.4. The number of aliphatic hydroxyl groups is 1. The van der Waals surface area contributed by atoms with Gasteiger partial charge in [-0.2, -0.15) is 5.26 Å². The third kappa shape index (κ3) is 3.44. The number of hydrogen-bond acceptors (Lipinski definition) is 7. The molecule has 1 atom stereocenters. The molecule has 1 aromatic rings. The molecule has 132 valence electrons. The zero-order valence-electron chi connectivity index (χ0n) is 14.3. The second kappa shape index (κ2) is 7.73. The van der Waals surface area contributed by atoms with Crippen LogP contribution in [0.3, 0.4) is 0 Å². The van der Waals surface area contributed by atoms with Gasteiger partial charge in [0.2, 0.25) is 5.88 Å². The minimum Gasteiger partial charge on any atom is -0.496 e. The molecule has 0 spiro atoms. The molecule has 0 saturated carbocycles. The molecule has 2 rings (SSSR count). The molecule has 0 fully saturated rings. The number of carbonyl (C=O) groups excluding carboxylic acids is 1. The van der Waals surface area contributed by atoms with E-state index in [4.69, 9.17) is 19.9 Å².